The lowest BCUT2D eigenvalue weighted by Gasteiger charge is -2.17. The van der Waals surface area contributed by atoms with Gasteiger partial charge in [-0.25, -0.2) is 15.0 Å². The van der Waals surface area contributed by atoms with Crippen LogP contribution in [0.2, 0.25) is 0 Å². The zero-order chi connectivity index (χ0) is 17.2. The van der Waals surface area contributed by atoms with E-state index in [0.717, 1.165) is 22.7 Å². The Labute approximate surface area is 146 Å². The summed E-state index contributed by atoms with van der Waals surface area (Å²) in [6, 6.07) is 16.4. The molecule has 0 saturated carbocycles. The highest BCUT2D eigenvalue weighted by Gasteiger charge is 2.13. The minimum atomic E-state index is 0.157. The number of nitrogens with one attached hydrogen (secondary N) is 1. The van der Waals surface area contributed by atoms with Crippen LogP contribution in [0.3, 0.4) is 0 Å². The van der Waals surface area contributed by atoms with Crippen molar-refractivity contribution in [1.82, 2.24) is 19.4 Å². The van der Waals surface area contributed by atoms with Crippen LogP contribution < -0.4 is 5.32 Å². The van der Waals surface area contributed by atoms with Gasteiger partial charge in [-0.05, 0) is 31.5 Å². The lowest BCUT2D eigenvalue weighted by molar-refractivity contribution is 0.868. The van der Waals surface area contributed by atoms with E-state index in [4.69, 9.17) is 4.98 Å². The van der Waals surface area contributed by atoms with E-state index in [1.54, 1.807) is 0 Å². The standard InChI is InChI=1S/C20H19N5/c1-14-12-22-20(17-13-21-18-10-6-7-11-25(17)18)24-19(14)23-15(2)16-8-4-3-5-9-16/h3-13,15H,1-2H3,(H,22,23,24). The maximum absolute atomic E-state index is 4.75. The van der Waals surface area contributed by atoms with Crippen LogP contribution in [0, 0.1) is 6.92 Å². The molecule has 124 valence electrons. The Balaban J connectivity index is 1.69. The summed E-state index contributed by atoms with van der Waals surface area (Å²) in [7, 11) is 0. The van der Waals surface area contributed by atoms with Crippen LogP contribution in [0.15, 0.2) is 67.1 Å². The normalized spacial score (nSPS) is 12.2. The fourth-order valence-corrected chi connectivity index (χ4v) is 2.84. The molecule has 3 aromatic heterocycles. The molecule has 4 aromatic rings. The van der Waals surface area contributed by atoms with Crippen molar-refractivity contribution in [2.75, 3.05) is 5.32 Å². The van der Waals surface area contributed by atoms with Crippen molar-refractivity contribution in [3.05, 3.63) is 78.2 Å². The summed E-state index contributed by atoms with van der Waals surface area (Å²) >= 11 is 0. The van der Waals surface area contributed by atoms with E-state index in [1.807, 2.05) is 66.3 Å². The van der Waals surface area contributed by atoms with Gasteiger partial charge in [0.25, 0.3) is 0 Å². The number of rotatable bonds is 4. The summed E-state index contributed by atoms with van der Waals surface area (Å²) in [6.07, 6.45) is 5.63. The fraction of sp³-hybridized carbons (Fsp3) is 0.150. The Morgan fingerprint density at radius 1 is 0.960 bits per heavy atom. The van der Waals surface area contributed by atoms with Gasteiger partial charge in [-0.1, -0.05) is 36.4 Å². The van der Waals surface area contributed by atoms with Crippen LogP contribution in [-0.4, -0.2) is 19.4 Å². The first-order chi connectivity index (χ1) is 12.2. The van der Waals surface area contributed by atoms with E-state index in [1.165, 1.54) is 5.56 Å². The number of pyridine rings is 1. The first kappa shape index (κ1) is 15.3. The van der Waals surface area contributed by atoms with E-state index < -0.39 is 0 Å². The molecule has 25 heavy (non-hydrogen) atoms. The molecule has 1 N–H and O–H groups in total. The molecule has 0 aliphatic carbocycles. The molecule has 4 rings (SSSR count). The van der Waals surface area contributed by atoms with Crippen molar-refractivity contribution in [1.29, 1.82) is 0 Å². The van der Waals surface area contributed by atoms with Gasteiger partial charge in [0, 0.05) is 24.0 Å². The maximum Gasteiger partial charge on any atom is 0.180 e. The molecule has 1 atom stereocenters. The number of hydrogen-bond donors (Lipinski definition) is 1. The summed E-state index contributed by atoms with van der Waals surface area (Å²) < 4.78 is 2.00. The highest BCUT2D eigenvalue weighted by molar-refractivity contribution is 5.59. The number of imidazole rings is 1. The Hall–Kier alpha value is -3.21. The van der Waals surface area contributed by atoms with Crippen molar-refractivity contribution >= 4 is 11.5 Å². The molecule has 0 radical (unpaired) electrons. The summed E-state index contributed by atoms with van der Waals surface area (Å²) in [5.74, 6) is 1.50. The van der Waals surface area contributed by atoms with E-state index in [2.05, 4.69) is 34.3 Å². The Morgan fingerprint density at radius 2 is 1.76 bits per heavy atom. The monoisotopic (exact) mass is 329 g/mol. The molecule has 0 spiro atoms. The summed E-state index contributed by atoms with van der Waals surface area (Å²) in [5, 5.41) is 3.50. The van der Waals surface area contributed by atoms with Gasteiger partial charge >= 0.3 is 0 Å². The lowest BCUT2D eigenvalue weighted by Crippen LogP contribution is -2.10. The molecule has 1 aromatic carbocycles. The number of hydrogen-bond acceptors (Lipinski definition) is 4. The molecule has 0 amide bonds. The largest absolute Gasteiger partial charge is 0.363 e. The summed E-state index contributed by atoms with van der Waals surface area (Å²) in [6.45, 7) is 4.14. The minimum Gasteiger partial charge on any atom is -0.363 e. The van der Waals surface area contributed by atoms with Gasteiger partial charge in [0.1, 0.15) is 17.2 Å². The molecule has 0 aliphatic rings. The van der Waals surface area contributed by atoms with Gasteiger partial charge in [0.05, 0.1) is 6.20 Å². The zero-order valence-electron chi connectivity index (χ0n) is 14.2. The second-order valence-corrected chi connectivity index (χ2v) is 6.07. The predicted octanol–water partition coefficient (Wildman–Crippen LogP) is 4.27. The van der Waals surface area contributed by atoms with Gasteiger partial charge < -0.3 is 5.32 Å². The molecule has 0 fully saturated rings. The van der Waals surface area contributed by atoms with E-state index in [9.17, 15) is 0 Å². The first-order valence-corrected chi connectivity index (χ1v) is 8.30. The number of aryl methyl sites for hydroxylation is 1. The van der Waals surface area contributed by atoms with Gasteiger partial charge in [-0.3, -0.25) is 4.40 Å². The topological polar surface area (TPSA) is 55.1 Å². The third-order valence-electron chi connectivity index (χ3n) is 4.27. The smallest absolute Gasteiger partial charge is 0.180 e. The Kier molecular flexibility index (Phi) is 3.90. The number of fused-ring (bicyclic) bond motifs is 1. The van der Waals surface area contributed by atoms with Gasteiger partial charge in [0.15, 0.2) is 5.82 Å². The van der Waals surface area contributed by atoms with Crippen LogP contribution in [0.4, 0.5) is 5.82 Å². The number of aromatic nitrogens is 4. The molecule has 0 bridgehead atoms. The van der Waals surface area contributed by atoms with Gasteiger partial charge in [-0.2, -0.15) is 0 Å². The van der Waals surface area contributed by atoms with Crippen LogP contribution in [0.5, 0.6) is 0 Å². The third-order valence-corrected chi connectivity index (χ3v) is 4.27. The first-order valence-electron chi connectivity index (χ1n) is 8.30. The Bertz CT molecular complexity index is 1010. The van der Waals surface area contributed by atoms with Crippen molar-refractivity contribution in [2.45, 2.75) is 19.9 Å². The molecule has 3 heterocycles. The fourth-order valence-electron chi connectivity index (χ4n) is 2.84. The molecular formula is C20H19N5. The summed E-state index contributed by atoms with van der Waals surface area (Å²) in [4.78, 5) is 13.7. The highest BCUT2D eigenvalue weighted by Crippen LogP contribution is 2.23. The zero-order valence-corrected chi connectivity index (χ0v) is 14.2. The maximum atomic E-state index is 4.75. The van der Waals surface area contributed by atoms with Crippen LogP contribution in [0.25, 0.3) is 17.2 Å². The predicted molar refractivity (Wildman–Crippen MR) is 99.4 cm³/mol. The molecular weight excluding hydrogens is 310 g/mol. The quantitative estimate of drug-likeness (QED) is 0.607. The number of anilines is 1. The molecule has 0 saturated heterocycles. The van der Waals surface area contributed by atoms with Crippen molar-refractivity contribution < 1.29 is 0 Å². The van der Waals surface area contributed by atoms with Crippen LogP contribution >= 0.6 is 0 Å². The van der Waals surface area contributed by atoms with Crippen molar-refractivity contribution in [3.63, 3.8) is 0 Å². The minimum absolute atomic E-state index is 0.157. The molecule has 0 aliphatic heterocycles. The Morgan fingerprint density at radius 3 is 2.60 bits per heavy atom. The third kappa shape index (κ3) is 2.96. The number of nitrogens with zero attached hydrogens (tertiary/aromatic N) is 4. The van der Waals surface area contributed by atoms with Crippen LogP contribution in [0.1, 0.15) is 24.1 Å². The average molecular weight is 329 g/mol. The van der Waals surface area contributed by atoms with Gasteiger partial charge in [0.2, 0.25) is 0 Å². The molecule has 5 nitrogen and oxygen atoms in total. The number of benzene rings is 1. The SMILES string of the molecule is Cc1cnc(-c2cnc3ccccn23)nc1NC(C)c1ccccc1. The van der Waals surface area contributed by atoms with Crippen molar-refractivity contribution in [3.8, 4) is 11.5 Å². The van der Waals surface area contributed by atoms with Crippen LogP contribution in [-0.2, 0) is 0 Å². The average Bonchev–Trinajstić information content (AvgIpc) is 3.08. The van der Waals surface area contributed by atoms with Gasteiger partial charge in [-0.15, -0.1) is 0 Å². The summed E-state index contributed by atoms with van der Waals surface area (Å²) in [5.41, 5.74) is 4.00. The van der Waals surface area contributed by atoms with E-state index in [0.29, 0.717) is 5.82 Å². The van der Waals surface area contributed by atoms with Crippen molar-refractivity contribution in [2.24, 2.45) is 0 Å². The highest BCUT2D eigenvalue weighted by atomic mass is 15.1. The second-order valence-electron chi connectivity index (χ2n) is 6.07. The molecule has 5 heteroatoms. The molecule has 1 unspecified atom stereocenters. The second kappa shape index (κ2) is 6.36. The lowest BCUT2D eigenvalue weighted by atomic mass is 10.1. The van der Waals surface area contributed by atoms with E-state index >= 15 is 0 Å². The van der Waals surface area contributed by atoms with E-state index in [-0.39, 0.29) is 6.04 Å².